The van der Waals surface area contributed by atoms with E-state index >= 15 is 0 Å². The van der Waals surface area contributed by atoms with Crippen LogP contribution in [0.5, 0.6) is 0 Å². The molecule has 1 aliphatic carbocycles. The summed E-state index contributed by atoms with van der Waals surface area (Å²) in [7, 11) is 0. The van der Waals surface area contributed by atoms with Gasteiger partial charge in [0, 0.05) is 24.8 Å². The zero-order valence-corrected chi connectivity index (χ0v) is 11.5. The number of benzene rings is 1. The lowest BCUT2D eigenvalue weighted by atomic mass is 9.79. The van der Waals surface area contributed by atoms with Crippen LogP contribution >= 0.6 is 0 Å². The minimum Gasteiger partial charge on any atom is -0.371 e. The molecule has 1 saturated carbocycles. The maximum atomic E-state index is 8.99. The van der Waals surface area contributed by atoms with Gasteiger partial charge in [-0.05, 0) is 61.8 Å². The standard InChI is InChI=1S/C16H21N3/c1-11-6-16(5-3-12(11)8-17)19-9-13-2-4-15(18)7-14(13)10-19/h3,5-6,13-15H,2,4,7,9-10,18H2,1H3/t13-,14+,15?/m1/s1. The molecule has 3 heteroatoms. The number of hydrogen-bond donors (Lipinski definition) is 1. The molecule has 1 heterocycles. The second-order valence-electron chi connectivity index (χ2n) is 6.11. The van der Waals surface area contributed by atoms with Crippen LogP contribution in [0.1, 0.15) is 30.4 Å². The first-order valence-electron chi connectivity index (χ1n) is 7.18. The Kier molecular flexibility index (Phi) is 3.20. The van der Waals surface area contributed by atoms with Crippen LogP contribution in [0.3, 0.4) is 0 Å². The average Bonchev–Trinajstić information content (AvgIpc) is 2.81. The summed E-state index contributed by atoms with van der Waals surface area (Å²) in [6.07, 6.45) is 3.63. The summed E-state index contributed by atoms with van der Waals surface area (Å²) >= 11 is 0. The fraction of sp³-hybridized carbons (Fsp3) is 0.562. The predicted octanol–water partition coefficient (Wildman–Crippen LogP) is 2.43. The molecule has 3 rings (SSSR count). The maximum Gasteiger partial charge on any atom is 0.0994 e. The van der Waals surface area contributed by atoms with Crippen molar-refractivity contribution in [2.24, 2.45) is 17.6 Å². The molecule has 0 bridgehead atoms. The number of hydrogen-bond acceptors (Lipinski definition) is 3. The first-order valence-corrected chi connectivity index (χ1v) is 7.18. The quantitative estimate of drug-likeness (QED) is 0.838. The van der Waals surface area contributed by atoms with Crippen LogP contribution in [0.15, 0.2) is 18.2 Å². The molecular weight excluding hydrogens is 234 g/mol. The lowest BCUT2D eigenvalue weighted by Gasteiger charge is -2.27. The summed E-state index contributed by atoms with van der Waals surface area (Å²) < 4.78 is 0. The van der Waals surface area contributed by atoms with Gasteiger partial charge in [0.1, 0.15) is 0 Å². The first-order chi connectivity index (χ1) is 9.17. The van der Waals surface area contributed by atoms with Gasteiger partial charge < -0.3 is 10.6 Å². The number of nitriles is 1. The SMILES string of the molecule is Cc1cc(N2C[C@H]3CCC(N)C[C@H]3C2)ccc1C#N. The van der Waals surface area contributed by atoms with Gasteiger partial charge in [-0.2, -0.15) is 5.26 Å². The summed E-state index contributed by atoms with van der Waals surface area (Å²) in [4.78, 5) is 2.47. The Labute approximate surface area is 115 Å². The minimum absolute atomic E-state index is 0.406. The first kappa shape index (κ1) is 12.5. The van der Waals surface area contributed by atoms with E-state index < -0.39 is 0 Å². The molecule has 2 aliphatic rings. The molecule has 2 N–H and O–H groups in total. The normalized spacial score (nSPS) is 29.9. The largest absolute Gasteiger partial charge is 0.371 e. The second-order valence-corrected chi connectivity index (χ2v) is 6.11. The van der Waals surface area contributed by atoms with Crippen LogP contribution in [0.25, 0.3) is 0 Å². The van der Waals surface area contributed by atoms with Crippen LogP contribution < -0.4 is 10.6 Å². The zero-order chi connectivity index (χ0) is 13.4. The summed E-state index contributed by atoms with van der Waals surface area (Å²) in [5.41, 5.74) is 9.20. The minimum atomic E-state index is 0.406. The monoisotopic (exact) mass is 255 g/mol. The third-order valence-electron chi connectivity index (χ3n) is 4.79. The summed E-state index contributed by atoms with van der Waals surface area (Å²) in [5, 5.41) is 8.99. The van der Waals surface area contributed by atoms with Gasteiger partial charge in [-0.3, -0.25) is 0 Å². The Morgan fingerprint density at radius 1 is 1.26 bits per heavy atom. The highest BCUT2D eigenvalue weighted by atomic mass is 15.2. The van der Waals surface area contributed by atoms with Gasteiger partial charge in [0.05, 0.1) is 11.6 Å². The third-order valence-corrected chi connectivity index (χ3v) is 4.79. The fourth-order valence-electron chi connectivity index (χ4n) is 3.65. The van der Waals surface area contributed by atoms with E-state index in [-0.39, 0.29) is 0 Å². The van der Waals surface area contributed by atoms with Crippen molar-refractivity contribution in [2.45, 2.75) is 32.2 Å². The lowest BCUT2D eigenvalue weighted by molar-refractivity contribution is 0.271. The molecule has 3 nitrogen and oxygen atoms in total. The number of rotatable bonds is 1. The molecular formula is C16H21N3. The van der Waals surface area contributed by atoms with E-state index in [1.165, 1.54) is 24.9 Å². The Balaban J connectivity index is 1.78. The van der Waals surface area contributed by atoms with Gasteiger partial charge >= 0.3 is 0 Å². The smallest absolute Gasteiger partial charge is 0.0994 e. The fourth-order valence-corrected chi connectivity index (χ4v) is 3.65. The van der Waals surface area contributed by atoms with E-state index in [4.69, 9.17) is 11.0 Å². The highest BCUT2D eigenvalue weighted by Gasteiger charge is 2.36. The van der Waals surface area contributed by atoms with Crippen LogP contribution in [0.2, 0.25) is 0 Å². The third kappa shape index (κ3) is 2.33. The van der Waals surface area contributed by atoms with E-state index in [0.717, 1.165) is 36.1 Å². The van der Waals surface area contributed by atoms with Crippen LogP contribution in [0, 0.1) is 30.1 Å². The molecule has 1 aliphatic heterocycles. The van der Waals surface area contributed by atoms with E-state index in [9.17, 15) is 0 Å². The molecule has 1 saturated heterocycles. The Morgan fingerprint density at radius 3 is 2.79 bits per heavy atom. The van der Waals surface area contributed by atoms with Crippen molar-refractivity contribution in [1.82, 2.24) is 0 Å². The van der Waals surface area contributed by atoms with Gasteiger partial charge in [-0.25, -0.2) is 0 Å². The van der Waals surface area contributed by atoms with Crippen molar-refractivity contribution >= 4 is 5.69 Å². The number of fused-ring (bicyclic) bond motifs is 1. The van der Waals surface area contributed by atoms with Crippen molar-refractivity contribution in [1.29, 1.82) is 5.26 Å². The molecule has 0 radical (unpaired) electrons. The van der Waals surface area contributed by atoms with Crippen molar-refractivity contribution in [3.05, 3.63) is 29.3 Å². The average molecular weight is 255 g/mol. The molecule has 3 atom stereocenters. The van der Waals surface area contributed by atoms with Crippen LogP contribution in [-0.2, 0) is 0 Å². The molecule has 0 spiro atoms. The summed E-state index contributed by atoms with van der Waals surface area (Å²) in [5.74, 6) is 1.58. The summed E-state index contributed by atoms with van der Waals surface area (Å²) in [6.45, 7) is 4.30. The number of aryl methyl sites for hydroxylation is 1. The van der Waals surface area contributed by atoms with Gasteiger partial charge in [0.2, 0.25) is 0 Å². The highest BCUT2D eigenvalue weighted by molar-refractivity contribution is 5.54. The van der Waals surface area contributed by atoms with Gasteiger partial charge in [0.25, 0.3) is 0 Å². The molecule has 2 fully saturated rings. The predicted molar refractivity (Wildman–Crippen MR) is 76.9 cm³/mol. The molecule has 19 heavy (non-hydrogen) atoms. The lowest BCUT2D eigenvalue weighted by Crippen LogP contribution is -2.32. The molecule has 100 valence electrons. The summed E-state index contributed by atoms with van der Waals surface area (Å²) in [6, 6.07) is 8.82. The molecule has 0 amide bonds. The van der Waals surface area contributed by atoms with Gasteiger partial charge in [-0.1, -0.05) is 0 Å². The van der Waals surface area contributed by atoms with Crippen LogP contribution in [-0.4, -0.2) is 19.1 Å². The van der Waals surface area contributed by atoms with Crippen molar-refractivity contribution in [3.63, 3.8) is 0 Å². The molecule has 1 aromatic rings. The zero-order valence-electron chi connectivity index (χ0n) is 11.5. The van der Waals surface area contributed by atoms with Crippen LogP contribution in [0.4, 0.5) is 5.69 Å². The Hall–Kier alpha value is -1.53. The second kappa shape index (κ2) is 4.86. The maximum absolute atomic E-state index is 8.99. The van der Waals surface area contributed by atoms with Gasteiger partial charge in [-0.15, -0.1) is 0 Å². The highest BCUT2D eigenvalue weighted by Crippen LogP contribution is 2.37. The Morgan fingerprint density at radius 2 is 2.05 bits per heavy atom. The van der Waals surface area contributed by atoms with E-state index in [2.05, 4.69) is 23.1 Å². The van der Waals surface area contributed by atoms with Crippen molar-refractivity contribution in [2.75, 3.05) is 18.0 Å². The molecule has 1 aromatic carbocycles. The Bertz CT molecular complexity index is 517. The number of nitrogens with two attached hydrogens (primary N) is 1. The van der Waals surface area contributed by atoms with Crippen molar-refractivity contribution in [3.8, 4) is 6.07 Å². The van der Waals surface area contributed by atoms with E-state index in [1.807, 2.05) is 13.0 Å². The van der Waals surface area contributed by atoms with Gasteiger partial charge in [0.15, 0.2) is 0 Å². The van der Waals surface area contributed by atoms with E-state index in [0.29, 0.717) is 6.04 Å². The number of anilines is 1. The topological polar surface area (TPSA) is 53.0 Å². The number of nitrogens with zero attached hydrogens (tertiary/aromatic N) is 2. The molecule has 0 aromatic heterocycles. The van der Waals surface area contributed by atoms with Crippen molar-refractivity contribution < 1.29 is 0 Å². The molecule has 1 unspecified atom stereocenters. The van der Waals surface area contributed by atoms with E-state index in [1.54, 1.807) is 0 Å².